The molecule has 1 aromatic carbocycles. The average molecular weight is 247 g/mol. The summed E-state index contributed by atoms with van der Waals surface area (Å²) in [6.07, 6.45) is 0.993. The van der Waals surface area contributed by atoms with E-state index in [1.165, 1.54) is 11.1 Å². The number of hydrogen-bond donors (Lipinski definition) is 1. The van der Waals surface area contributed by atoms with Crippen LogP contribution in [0.15, 0.2) is 24.3 Å². The van der Waals surface area contributed by atoms with E-state index in [9.17, 15) is 4.79 Å². The maximum Gasteiger partial charge on any atom is 0.236 e. The van der Waals surface area contributed by atoms with E-state index in [0.29, 0.717) is 13.1 Å². The van der Waals surface area contributed by atoms with Crippen molar-refractivity contribution in [3.05, 3.63) is 35.4 Å². The van der Waals surface area contributed by atoms with Gasteiger partial charge in [-0.15, -0.1) is 0 Å². The first kappa shape index (κ1) is 13.1. The van der Waals surface area contributed by atoms with E-state index in [2.05, 4.69) is 23.1 Å². The monoisotopic (exact) mass is 247 g/mol. The molecule has 1 atom stereocenters. The number of fused-ring (bicyclic) bond motifs is 1. The van der Waals surface area contributed by atoms with Crippen LogP contribution in [0.3, 0.4) is 0 Å². The third kappa shape index (κ3) is 2.54. The molecule has 4 nitrogen and oxygen atoms in total. The largest absolute Gasteiger partial charge is 0.348 e. The van der Waals surface area contributed by atoms with Gasteiger partial charge in [0.1, 0.15) is 0 Å². The van der Waals surface area contributed by atoms with Crippen molar-refractivity contribution in [1.82, 2.24) is 9.80 Å². The Morgan fingerprint density at radius 3 is 2.83 bits per heavy atom. The summed E-state index contributed by atoms with van der Waals surface area (Å²) in [6.45, 7) is 1.90. The van der Waals surface area contributed by atoms with Gasteiger partial charge in [0.25, 0.3) is 0 Å². The highest BCUT2D eigenvalue weighted by atomic mass is 16.2. The van der Waals surface area contributed by atoms with Crippen molar-refractivity contribution in [3.8, 4) is 0 Å². The summed E-state index contributed by atoms with van der Waals surface area (Å²) in [5.41, 5.74) is 8.53. The number of carbonyl (C=O) groups excluding carboxylic acids is 1. The van der Waals surface area contributed by atoms with Gasteiger partial charge in [-0.1, -0.05) is 24.3 Å². The molecular weight excluding hydrogens is 226 g/mol. The lowest BCUT2D eigenvalue weighted by atomic mass is 9.92. The summed E-state index contributed by atoms with van der Waals surface area (Å²) < 4.78 is 0. The SMILES string of the molecule is CN(C)C(=O)CN1CCc2ccccc2C1CN. The summed E-state index contributed by atoms with van der Waals surface area (Å²) in [7, 11) is 3.58. The summed E-state index contributed by atoms with van der Waals surface area (Å²) in [5.74, 6) is 0.132. The lowest BCUT2D eigenvalue weighted by molar-refractivity contribution is -0.130. The lowest BCUT2D eigenvalue weighted by Crippen LogP contribution is -2.44. The van der Waals surface area contributed by atoms with Gasteiger partial charge in [0, 0.05) is 33.2 Å². The molecule has 0 spiro atoms. The highest BCUT2D eigenvalue weighted by Crippen LogP contribution is 2.28. The van der Waals surface area contributed by atoms with Crippen molar-refractivity contribution in [2.45, 2.75) is 12.5 Å². The Labute approximate surface area is 108 Å². The minimum absolute atomic E-state index is 0.132. The molecule has 1 aliphatic rings. The van der Waals surface area contributed by atoms with E-state index in [0.717, 1.165) is 13.0 Å². The molecule has 1 aliphatic heterocycles. The maximum absolute atomic E-state index is 11.8. The Kier molecular flexibility index (Phi) is 3.99. The Balaban J connectivity index is 2.18. The van der Waals surface area contributed by atoms with Gasteiger partial charge in [-0.25, -0.2) is 0 Å². The van der Waals surface area contributed by atoms with Crippen molar-refractivity contribution in [1.29, 1.82) is 0 Å². The molecule has 2 rings (SSSR count). The first-order valence-corrected chi connectivity index (χ1v) is 6.35. The van der Waals surface area contributed by atoms with Crippen LogP contribution in [0.4, 0.5) is 0 Å². The van der Waals surface area contributed by atoms with E-state index in [1.807, 2.05) is 6.07 Å². The first-order chi connectivity index (χ1) is 8.63. The Hall–Kier alpha value is -1.39. The molecule has 1 unspecified atom stereocenters. The highest BCUT2D eigenvalue weighted by molar-refractivity contribution is 5.77. The molecule has 0 aliphatic carbocycles. The van der Waals surface area contributed by atoms with E-state index in [4.69, 9.17) is 5.73 Å². The second-order valence-electron chi connectivity index (χ2n) is 4.96. The van der Waals surface area contributed by atoms with Gasteiger partial charge >= 0.3 is 0 Å². The number of carbonyl (C=O) groups is 1. The molecule has 1 amide bonds. The number of likely N-dealkylation sites (N-methyl/N-ethyl adjacent to an activating group) is 1. The minimum Gasteiger partial charge on any atom is -0.348 e. The lowest BCUT2D eigenvalue weighted by Gasteiger charge is -2.36. The van der Waals surface area contributed by atoms with Crippen molar-refractivity contribution in [2.24, 2.45) is 5.73 Å². The van der Waals surface area contributed by atoms with Crippen LogP contribution in [-0.4, -0.2) is 49.4 Å². The predicted molar refractivity (Wildman–Crippen MR) is 72.2 cm³/mol. The summed E-state index contributed by atoms with van der Waals surface area (Å²) in [5, 5.41) is 0. The van der Waals surface area contributed by atoms with Crippen molar-refractivity contribution >= 4 is 5.91 Å². The van der Waals surface area contributed by atoms with Gasteiger partial charge in [0.15, 0.2) is 0 Å². The van der Waals surface area contributed by atoms with Crippen molar-refractivity contribution in [2.75, 3.05) is 33.7 Å². The fourth-order valence-corrected chi connectivity index (χ4v) is 2.48. The smallest absolute Gasteiger partial charge is 0.236 e. The highest BCUT2D eigenvalue weighted by Gasteiger charge is 2.27. The molecule has 0 bridgehead atoms. The quantitative estimate of drug-likeness (QED) is 0.852. The molecule has 18 heavy (non-hydrogen) atoms. The Morgan fingerprint density at radius 1 is 1.44 bits per heavy atom. The fraction of sp³-hybridized carbons (Fsp3) is 0.500. The second-order valence-corrected chi connectivity index (χ2v) is 4.96. The zero-order valence-electron chi connectivity index (χ0n) is 11.1. The standard InChI is InChI=1S/C14H21N3O/c1-16(2)14(18)10-17-8-7-11-5-3-4-6-12(11)13(17)9-15/h3-6,13H,7-10,15H2,1-2H3. The molecule has 98 valence electrons. The number of nitrogens with two attached hydrogens (primary N) is 1. The number of hydrogen-bond acceptors (Lipinski definition) is 3. The van der Waals surface area contributed by atoms with E-state index in [-0.39, 0.29) is 11.9 Å². The number of amides is 1. The average Bonchev–Trinajstić information content (AvgIpc) is 2.38. The van der Waals surface area contributed by atoms with Crippen molar-refractivity contribution in [3.63, 3.8) is 0 Å². The van der Waals surface area contributed by atoms with Crippen LogP contribution in [0.1, 0.15) is 17.2 Å². The molecular formula is C14H21N3O. The van der Waals surface area contributed by atoms with E-state index >= 15 is 0 Å². The third-order valence-corrected chi connectivity index (χ3v) is 3.58. The van der Waals surface area contributed by atoms with Gasteiger partial charge in [0.05, 0.1) is 6.54 Å². The van der Waals surface area contributed by atoms with Crippen LogP contribution in [0.2, 0.25) is 0 Å². The summed E-state index contributed by atoms with van der Waals surface area (Å²) >= 11 is 0. The molecule has 0 fully saturated rings. The Morgan fingerprint density at radius 2 is 2.17 bits per heavy atom. The number of rotatable bonds is 3. The van der Waals surface area contributed by atoms with Gasteiger partial charge in [-0.05, 0) is 17.5 Å². The topological polar surface area (TPSA) is 49.6 Å². The normalized spacial score (nSPS) is 19.4. The van der Waals surface area contributed by atoms with Crippen LogP contribution < -0.4 is 5.73 Å². The summed E-state index contributed by atoms with van der Waals surface area (Å²) in [4.78, 5) is 15.6. The zero-order valence-corrected chi connectivity index (χ0v) is 11.1. The van der Waals surface area contributed by atoms with Crippen molar-refractivity contribution < 1.29 is 4.79 Å². The van der Waals surface area contributed by atoms with Crippen LogP contribution in [0, 0.1) is 0 Å². The molecule has 1 heterocycles. The molecule has 0 saturated heterocycles. The summed E-state index contributed by atoms with van der Waals surface area (Å²) in [6, 6.07) is 8.55. The predicted octanol–water partition coefficient (Wildman–Crippen LogP) is 0.633. The fourth-order valence-electron chi connectivity index (χ4n) is 2.48. The minimum atomic E-state index is 0.132. The first-order valence-electron chi connectivity index (χ1n) is 6.35. The van der Waals surface area contributed by atoms with Gasteiger partial charge < -0.3 is 10.6 Å². The van der Waals surface area contributed by atoms with Crippen LogP contribution in [-0.2, 0) is 11.2 Å². The molecule has 4 heteroatoms. The molecule has 0 aromatic heterocycles. The maximum atomic E-state index is 11.8. The number of benzene rings is 1. The van der Waals surface area contributed by atoms with Gasteiger partial charge in [0.2, 0.25) is 5.91 Å². The van der Waals surface area contributed by atoms with Gasteiger partial charge in [-0.2, -0.15) is 0 Å². The van der Waals surface area contributed by atoms with Crippen LogP contribution >= 0.6 is 0 Å². The molecule has 2 N–H and O–H groups in total. The third-order valence-electron chi connectivity index (χ3n) is 3.58. The molecule has 0 saturated carbocycles. The van der Waals surface area contributed by atoms with E-state index in [1.54, 1.807) is 19.0 Å². The van der Waals surface area contributed by atoms with E-state index < -0.39 is 0 Å². The van der Waals surface area contributed by atoms with Gasteiger partial charge in [-0.3, -0.25) is 9.69 Å². The number of nitrogens with zero attached hydrogens (tertiary/aromatic N) is 2. The molecule has 0 radical (unpaired) electrons. The second kappa shape index (κ2) is 5.50. The van der Waals surface area contributed by atoms with Crippen LogP contribution in [0.25, 0.3) is 0 Å². The zero-order chi connectivity index (χ0) is 13.1. The Bertz CT molecular complexity index is 431. The van der Waals surface area contributed by atoms with Crippen LogP contribution in [0.5, 0.6) is 0 Å². The molecule has 1 aromatic rings.